The van der Waals surface area contributed by atoms with Gasteiger partial charge in [0, 0.05) is 0 Å². The van der Waals surface area contributed by atoms with Crippen LogP contribution in [-0.4, -0.2) is 19.8 Å². The van der Waals surface area contributed by atoms with E-state index in [9.17, 15) is 21.6 Å². The molecule has 1 atom stereocenters. The van der Waals surface area contributed by atoms with Crippen molar-refractivity contribution in [3.8, 4) is 0 Å². The Labute approximate surface area is 85.6 Å². The summed E-state index contributed by atoms with van der Waals surface area (Å²) in [6.07, 6.45) is -4.85. The highest BCUT2D eigenvalue weighted by Crippen LogP contribution is 2.29. The van der Waals surface area contributed by atoms with Crippen LogP contribution in [0.5, 0.6) is 0 Å². The molecule has 0 aromatic heterocycles. The number of halogens is 3. The van der Waals surface area contributed by atoms with Crippen molar-refractivity contribution in [2.75, 3.05) is 0 Å². The highest BCUT2D eigenvalue weighted by atomic mass is 32.2. The van der Waals surface area contributed by atoms with E-state index in [0.717, 1.165) is 12.1 Å². The first-order chi connectivity index (χ1) is 6.76. The highest BCUT2D eigenvalue weighted by molar-refractivity contribution is 7.92. The maximum Gasteiger partial charge on any atom is 0.405 e. The van der Waals surface area contributed by atoms with Crippen molar-refractivity contribution >= 4 is 9.84 Å². The van der Waals surface area contributed by atoms with Crippen LogP contribution in [0.1, 0.15) is 0 Å². The number of alkyl halides is 3. The minimum atomic E-state index is -4.85. The highest BCUT2D eigenvalue weighted by Gasteiger charge is 2.45. The summed E-state index contributed by atoms with van der Waals surface area (Å²) in [6.45, 7) is 2.64. The molecule has 0 aliphatic carbocycles. The average Bonchev–Trinajstić information content (AvgIpc) is 2.16. The van der Waals surface area contributed by atoms with Crippen molar-refractivity contribution in [3.05, 3.63) is 37.3 Å². The summed E-state index contributed by atoms with van der Waals surface area (Å²) in [5.74, 6) is 0. The Hall–Kier alpha value is -1.04. The van der Waals surface area contributed by atoms with E-state index in [1.807, 2.05) is 0 Å². The Bertz CT molecular complexity index is 422. The van der Waals surface area contributed by atoms with E-state index in [1.54, 1.807) is 0 Å². The second kappa shape index (κ2) is 3.84. The molecule has 0 fully saturated rings. The zero-order valence-electron chi connectivity index (χ0n) is 7.53. The number of rotatable bonds is 2. The molecule has 1 aromatic carbocycles. The lowest BCUT2D eigenvalue weighted by molar-refractivity contribution is -0.122. The number of hydrogen-bond donors (Lipinski definition) is 0. The molecule has 1 unspecified atom stereocenters. The fourth-order valence-corrected chi connectivity index (χ4v) is 2.17. The van der Waals surface area contributed by atoms with Crippen molar-refractivity contribution in [2.45, 2.75) is 16.3 Å². The second-order valence-electron chi connectivity index (χ2n) is 2.89. The van der Waals surface area contributed by atoms with Gasteiger partial charge in [-0.05, 0) is 19.1 Å². The van der Waals surface area contributed by atoms with Gasteiger partial charge in [-0.1, -0.05) is 18.2 Å². The third-order valence-corrected chi connectivity index (χ3v) is 3.76. The second-order valence-corrected chi connectivity index (χ2v) is 5.02. The van der Waals surface area contributed by atoms with E-state index in [0.29, 0.717) is 0 Å². The molecule has 0 bridgehead atoms. The van der Waals surface area contributed by atoms with Gasteiger partial charge >= 0.3 is 6.18 Å². The van der Waals surface area contributed by atoms with Gasteiger partial charge in [-0.15, -0.1) is 0 Å². The summed E-state index contributed by atoms with van der Waals surface area (Å²) in [7, 11) is -4.43. The average molecular weight is 237 g/mol. The molecule has 0 heterocycles. The summed E-state index contributed by atoms with van der Waals surface area (Å²) in [5, 5.41) is -2.63. The fourth-order valence-electron chi connectivity index (χ4n) is 0.950. The van der Waals surface area contributed by atoms with E-state index in [4.69, 9.17) is 0 Å². The van der Waals surface area contributed by atoms with E-state index < -0.39 is 21.3 Å². The summed E-state index contributed by atoms with van der Waals surface area (Å²) in [4.78, 5) is -0.373. The number of hydrogen-bond acceptors (Lipinski definition) is 2. The Morgan fingerprint density at radius 2 is 1.60 bits per heavy atom. The van der Waals surface area contributed by atoms with Crippen molar-refractivity contribution in [2.24, 2.45) is 0 Å². The molecule has 1 radical (unpaired) electrons. The van der Waals surface area contributed by atoms with Crippen LogP contribution in [-0.2, 0) is 9.84 Å². The van der Waals surface area contributed by atoms with Crippen LogP contribution >= 0.6 is 0 Å². The van der Waals surface area contributed by atoms with Gasteiger partial charge in [0.05, 0.1) is 4.90 Å². The van der Waals surface area contributed by atoms with Gasteiger partial charge < -0.3 is 0 Å². The molecule has 1 rings (SSSR count). The monoisotopic (exact) mass is 237 g/mol. The minimum absolute atomic E-state index is 0.373. The Morgan fingerprint density at radius 3 is 2.00 bits per heavy atom. The maximum atomic E-state index is 12.2. The van der Waals surface area contributed by atoms with Crippen molar-refractivity contribution in [1.82, 2.24) is 0 Å². The van der Waals surface area contributed by atoms with E-state index in [-0.39, 0.29) is 4.90 Å². The summed E-state index contributed by atoms with van der Waals surface area (Å²) >= 11 is 0. The van der Waals surface area contributed by atoms with E-state index in [2.05, 4.69) is 6.92 Å². The molecule has 0 spiro atoms. The van der Waals surface area contributed by atoms with Crippen LogP contribution in [0, 0.1) is 6.92 Å². The quantitative estimate of drug-likeness (QED) is 0.790. The van der Waals surface area contributed by atoms with Gasteiger partial charge in [-0.25, -0.2) is 8.42 Å². The van der Waals surface area contributed by atoms with E-state index in [1.165, 1.54) is 18.2 Å². The lowest BCUT2D eigenvalue weighted by atomic mass is 10.4. The molecule has 0 aliphatic rings. The SMILES string of the molecule is [CH2]C(C(F)(F)F)S(=O)(=O)c1ccccc1. The Balaban J connectivity index is 3.16. The van der Waals surface area contributed by atoms with Gasteiger partial charge in [-0.2, -0.15) is 13.2 Å². The molecular weight excluding hydrogens is 229 g/mol. The fraction of sp³-hybridized carbons (Fsp3) is 0.222. The molecule has 2 nitrogen and oxygen atoms in total. The first-order valence-corrected chi connectivity index (χ1v) is 5.49. The van der Waals surface area contributed by atoms with Crippen LogP contribution in [0.15, 0.2) is 35.2 Å². The predicted octanol–water partition coefficient (Wildman–Crippen LogP) is 2.23. The van der Waals surface area contributed by atoms with Crippen LogP contribution in [0.25, 0.3) is 0 Å². The molecule has 0 amide bonds. The normalized spacial score (nSPS) is 14.9. The van der Waals surface area contributed by atoms with Crippen LogP contribution in [0.3, 0.4) is 0 Å². The van der Waals surface area contributed by atoms with Gasteiger partial charge in [0.25, 0.3) is 0 Å². The first-order valence-electron chi connectivity index (χ1n) is 3.95. The smallest absolute Gasteiger partial charge is 0.223 e. The molecular formula is C9H8F3O2S. The Morgan fingerprint density at radius 1 is 1.13 bits per heavy atom. The van der Waals surface area contributed by atoms with Gasteiger partial charge in [0.2, 0.25) is 0 Å². The predicted molar refractivity (Wildman–Crippen MR) is 48.8 cm³/mol. The van der Waals surface area contributed by atoms with Gasteiger partial charge in [-0.3, -0.25) is 0 Å². The molecule has 0 aliphatic heterocycles. The molecule has 0 saturated carbocycles. The topological polar surface area (TPSA) is 34.1 Å². The van der Waals surface area contributed by atoms with Crippen molar-refractivity contribution in [3.63, 3.8) is 0 Å². The molecule has 83 valence electrons. The standard InChI is InChI=1S/C9H8F3O2S/c1-7(9(10,11)12)15(13,14)8-5-3-2-4-6-8/h2-7H,1H2. The van der Waals surface area contributed by atoms with Crippen molar-refractivity contribution in [1.29, 1.82) is 0 Å². The molecule has 1 aromatic rings. The minimum Gasteiger partial charge on any atom is -0.223 e. The van der Waals surface area contributed by atoms with Crippen LogP contribution in [0.4, 0.5) is 13.2 Å². The zero-order valence-corrected chi connectivity index (χ0v) is 8.35. The molecule has 0 N–H and O–H groups in total. The lowest BCUT2D eigenvalue weighted by Crippen LogP contribution is -2.34. The number of sulfone groups is 1. The zero-order chi connectivity index (χ0) is 11.7. The summed E-state index contributed by atoms with van der Waals surface area (Å²) < 4.78 is 59.4. The van der Waals surface area contributed by atoms with Gasteiger partial charge in [0.1, 0.15) is 0 Å². The maximum absolute atomic E-state index is 12.2. The third-order valence-electron chi connectivity index (χ3n) is 1.81. The first kappa shape index (κ1) is 12.0. The molecule has 0 saturated heterocycles. The third kappa shape index (κ3) is 2.50. The van der Waals surface area contributed by atoms with Crippen molar-refractivity contribution < 1.29 is 21.6 Å². The van der Waals surface area contributed by atoms with Crippen LogP contribution < -0.4 is 0 Å². The lowest BCUT2D eigenvalue weighted by Gasteiger charge is -2.15. The summed E-state index contributed by atoms with van der Waals surface area (Å²) in [6, 6.07) is 6.45. The largest absolute Gasteiger partial charge is 0.405 e. The summed E-state index contributed by atoms with van der Waals surface area (Å²) in [5.41, 5.74) is 0. The van der Waals surface area contributed by atoms with E-state index >= 15 is 0 Å². The number of benzene rings is 1. The van der Waals surface area contributed by atoms with Gasteiger partial charge in [0.15, 0.2) is 15.1 Å². The van der Waals surface area contributed by atoms with Crippen LogP contribution in [0.2, 0.25) is 0 Å². The molecule has 15 heavy (non-hydrogen) atoms. The Kier molecular flexibility index (Phi) is 3.08. The molecule has 6 heteroatoms.